The Kier molecular flexibility index (Phi) is 6.16. The van der Waals surface area contributed by atoms with E-state index in [4.69, 9.17) is 4.42 Å². The van der Waals surface area contributed by atoms with Crippen molar-refractivity contribution in [2.24, 2.45) is 4.99 Å². The Hall–Kier alpha value is -2.35. The number of amides is 1. The molecule has 0 fully saturated rings. The van der Waals surface area contributed by atoms with Gasteiger partial charge in [-0.05, 0) is 26.0 Å². The van der Waals surface area contributed by atoms with Gasteiger partial charge in [0.25, 0.3) is 0 Å². The van der Waals surface area contributed by atoms with Crippen LogP contribution in [-0.2, 0) is 17.9 Å². The highest BCUT2D eigenvalue weighted by Gasteiger charge is 2.07. The minimum atomic E-state index is -0.134. The van der Waals surface area contributed by atoms with Gasteiger partial charge >= 0.3 is 0 Å². The quantitative estimate of drug-likeness (QED) is 0.547. The number of nitrogens with one attached hydrogen (secondary N) is 3. The van der Waals surface area contributed by atoms with E-state index in [2.05, 4.69) is 25.9 Å². The SMILES string of the molecule is CN=C(NCC(=O)NCc1ccco1)NCc1nc(C)c(C)s1. The minimum Gasteiger partial charge on any atom is -0.467 e. The van der Waals surface area contributed by atoms with Crippen molar-refractivity contribution in [1.82, 2.24) is 20.9 Å². The molecule has 0 saturated heterocycles. The summed E-state index contributed by atoms with van der Waals surface area (Å²) < 4.78 is 5.15. The third-order valence-corrected chi connectivity index (χ3v) is 4.23. The van der Waals surface area contributed by atoms with E-state index in [9.17, 15) is 4.79 Å². The smallest absolute Gasteiger partial charge is 0.239 e. The maximum Gasteiger partial charge on any atom is 0.239 e. The van der Waals surface area contributed by atoms with Crippen molar-refractivity contribution in [3.05, 3.63) is 39.7 Å². The van der Waals surface area contributed by atoms with Crippen LogP contribution in [0.5, 0.6) is 0 Å². The third kappa shape index (κ3) is 5.41. The normalized spacial score (nSPS) is 11.3. The second kappa shape index (κ2) is 8.33. The van der Waals surface area contributed by atoms with Gasteiger partial charge in [-0.3, -0.25) is 9.79 Å². The molecule has 2 aromatic heterocycles. The summed E-state index contributed by atoms with van der Waals surface area (Å²) in [5.74, 6) is 1.14. The van der Waals surface area contributed by atoms with Gasteiger partial charge in [0.05, 0.1) is 31.6 Å². The van der Waals surface area contributed by atoms with Gasteiger partial charge in [0.1, 0.15) is 10.8 Å². The Labute approximate surface area is 139 Å². The van der Waals surface area contributed by atoms with Crippen LogP contribution in [0, 0.1) is 13.8 Å². The molecule has 2 rings (SSSR count). The van der Waals surface area contributed by atoms with Crippen LogP contribution in [-0.4, -0.2) is 30.4 Å². The monoisotopic (exact) mass is 335 g/mol. The zero-order valence-electron chi connectivity index (χ0n) is 13.5. The zero-order chi connectivity index (χ0) is 16.7. The summed E-state index contributed by atoms with van der Waals surface area (Å²) in [7, 11) is 1.66. The number of aliphatic imine (C=N–C) groups is 1. The molecule has 2 heterocycles. The molecule has 0 aliphatic carbocycles. The Balaban J connectivity index is 1.70. The maximum absolute atomic E-state index is 11.8. The Morgan fingerprint density at radius 1 is 1.30 bits per heavy atom. The second-order valence-corrected chi connectivity index (χ2v) is 6.17. The second-order valence-electron chi connectivity index (χ2n) is 4.88. The first-order valence-electron chi connectivity index (χ1n) is 7.25. The van der Waals surface area contributed by atoms with Gasteiger partial charge in [0, 0.05) is 11.9 Å². The van der Waals surface area contributed by atoms with E-state index in [1.807, 2.05) is 19.9 Å². The fraction of sp³-hybridized carbons (Fsp3) is 0.400. The van der Waals surface area contributed by atoms with E-state index < -0.39 is 0 Å². The number of furan rings is 1. The molecule has 0 unspecified atom stereocenters. The molecule has 0 aromatic carbocycles. The van der Waals surface area contributed by atoms with Crippen molar-refractivity contribution in [3.63, 3.8) is 0 Å². The summed E-state index contributed by atoms with van der Waals surface area (Å²) >= 11 is 1.65. The van der Waals surface area contributed by atoms with E-state index in [0.717, 1.165) is 16.5 Å². The van der Waals surface area contributed by atoms with E-state index in [-0.39, 0.29) is 12.5 Å². The molecule has 2 aromatic rings. The van der Waals surface area contributed by atoms with Gasteiger partial charge in [-0.15, -0.1) is 11.3 Å². The summed E-state index contributed by atoms with van der Waals surface area (Å²) in [5.41, 5.74) is 1.05. The number of carbonyl (C=O) groups is 1. The lowest BCUT2D eigenvalue weighted by atomic mass is 10.4. The first-order chi connectivity index (χ1) is 11.1. The van der Waals surface area contributed by atoms with Crippen LogP contribution < -0.4 is 16.0 Å². The summed E-state index contributed by atoms with van der Waals surface area (Å²) in [5, 5.41) is 9.86. The third-order valence-electron chi connectivity index (χ3n) is 3.16. The highest BCUT2D eigenvalue weighted by Crippen LogP contribution is 2.15. The molecule has 23 heavy (non-hydrogen) atoms. The molecule has 0 radical (unpaired) electrons. The Bertz CT molecular complexity index is 644. The van der Waals surface area contributed by atoms with E-state index in [1.54, 1.807) is 30.7 Å². The van der Waals surface area contributed by atoms with Crippen molar-refractivity contribution in [2.45, 2.75) is 26.9 Å². The number of guanidine groups is 1. The number of nitrogens with zero attached hydrogens (tertiary/aromatic N) is 2. The van der Waals surface area contributed by atoms with Gasteiger partial charge in [-0.2, -0.15) is 0 Å². The first-order valence-corrected chi connectivity index (χ1v) is 8.06. The standard InChI is InChI=1S/C15H21N5O2S/c1-10-11(2)23-14(20-10)9-19-15(16-3)18-8-13(21)17-7-12-5-4-6-22-12/h4-6H,7-9H2,1-3H3,(H,17,21)(H2,16,18,19). The lowest BCUT2D eigenvalue weighted by molar-refractivity contribution is -0.120. The molecule has 7 nitrogen and oxygen atoms in total. The van der Waals surface area contributed by atoms with Crippen LogP contribution in [0.1, 0.15) is 21.3 Å². The van der Waals surface area contributed by atoms with Crippen LogP contribution >= 0.6 is 11.3 Å². The molecule has 3 N–H and O–H groups in total. The number of hydrogen-bond acceptors (Lipinski definition) is 5. The Morgan fingerprint density at radius 3 is 2.74 bits per heavy atom. The molecule has 0 saturated carbocycles. The number of rotatable bonds is 6. The first kappa shape index (κ1) is 17.0. The molecular weight excluding hydrogens is 314 g/mol. The highest BCUT2D eigenvalue weighted by atomic mass is 32.1. The fourth-order valence-electron chi connectivity index (χ4n) is 1.82. The molecular formula is C15H21N5O2S. The van der Waals surface area contributed by atoms with Crippen LogP contribution in [0.25, 0.3) is 0 Å². The molecule has 0 aliphatic rings. The van der Waals surface area contributed by atoms with E-state index >= 15 is 0 Å². The van der Waals surface area contributed by atoms with Gasteiger partial charge in [0.15, 0.2) is 5.96 Å². The predicted octanol–water partition coefficient (Wildman–Crippen LogP) is 1.33. The number of thiazole rings is 1. The van der Waals surface area contributed by atoms with E-state index in [1.165, 1.54) is 4.88 Å². The van der Waals surface area contributed by atoms with Gasteiger partial charge in [-0.25, -0.2) is 4.98 Å². The summed E-state index contributed by atoms with van der Waals surface area (Å²) in [4.78, 5) is 21.5. The Morgan fingerprint density at radius 2 is 2.13 bits per heavy atom. The van der Waals surface area contributed by atoms with Gasteiger partial charge in [0.2, 0.25) is 5.91 Å². The number of carbonyl (C=O) groups excluding carboxylic acids is 1. The predicted molar refractivity (Wildman–Crippen MR) is 90.3 cm³/mol. The molecule has 1 amide bonds. The largest absolute Gasteiger partial charge is 0.467 e. The number of aromatic nitrogens is 1. The van der Waals surface area contributed by atoms with Crippen molar-refractivity contribution < 1.29 is 9.21 Å². The van der Waals surface area contributed by atoms with Crippen LogP contribution in [0.4, 0.5) is 0 Å². The van der Waals surface area contributed by atoms with E-state index in [0.29, 0.717) is 19.0 Å². The van der Waals surface area contributed by atoms with Gasteiger partial charge < -0.3 is 20.4 Å². The highest BCUT2D eigenvalue weighted by molar-refractivity contribution is 7.11. The van der Waals surface area contributed by atoms with Crippen molar-refractivity contribution in [1.29, 1.82) is 0 Å². The summed E-state index contributed by atoms with van der Waals surface area (Å²) in [6.07, 6.45) is 1.58. The minimum absolute atomic E-state index is 0.134. The summed E-state index contributed by atoms with van der Waals surface area (Å²) in [6, 6.07) is 3.60. The molecule has 0 aliphatic heterocycles. The molecule has 0 bridgehead atoms. The van der Waals surface area contributed by atoms with Gasteiger partial charge in [-0.1, -0.05) is 0 Å². The molecule has 8 heteroatoms. The number of hydrogen-bond donors (Lipinski definition) is 3. The average molecular weight is 335 g/mol. The average Bonchev–Trinajstić information content (AvgIpc) is 3.16. The van der Waals surface area contributed by atoms with Crippen molar-refractivity contribution in [2.75, 3.05) is 13.6 Å². The topological polar surface area (TPSA) is 91.5 Å². The van der Waals surface area contributed by atoms with Crippen molar-refractivity contribution >= 4 is 23.2 Å². The maximum atomic E-state index is 11.8. The molecule has 0 spiro atoms. The van der Waals surface area contributed by atoms with Crippen LogP contribution in [0.2, 0.25) is 0 Å². The lowest BCUT2D eigenvalue weighted by Crippen LogP contribution is -2.42. The van der Waals surface area contributed by atoms with Crippen LogP contribution in [0.15, 0.2) is 27.8 Å². The molecule has 0 atom stereocenters. The van der Waals surface area contributed by atoms with Crippen molar-refractivity contribution in [3.8, 4) is 0 Å². The molecule has 124 valence electrons. The van der Waals surface area contributed by atoms with Crippen LogP contribution in [0.3, 0.4) is 0 Å². The number of aryl methyl sites for hydroxylation is 2. The summed E-state index contributed by atoms with van der Waals surface area (Å²) in [6.45, 7) is 5.12. The lowest BCUT2D eigenvalue weighted by Gasteiger charge is -2.10. The zero-order valence-corrected chi connectivity index (χ0v) is 14.3. The fourth-order valence-corrected chi connectivity index (χ4v) is 2.69.